The summed E-state index contributed by atoms with van der Waals surface area (Å²) in [6.07, 6.45) is 2.27. The predicted molar refractivity (Wildman–Crippen MR) is 64.5 cm³/mol. The molecule has 0 saturated carbocycles. The third kappa shape index (κ3) is 1.39. The summed E-state index contributed by atoms with van der Waals surface area (Å²) in [6.45, 7) is 1.78. The van der Waals surface area contributed by atoms with Crippen LogP contribution in [-0.4, -0.2) is 16.2 Å². The molecule has 3 nitrogen and oxygen atoms in total. The monoisotopic (exact) mass is 216 g/mol. The van der Waals surface area contributed by atoms with E-state index in [1.807, 2.05) is 12.1 Å². The lowest BCUT2D eigenvalue weighted by molar-refractivity contribution is 0.385. The first-order valence-electron chi connectivity index (χ1n) is 5.79. The topological polar surface area (TPSA) is 51.2 Å². The van der Waals surface area contributed by atoms with Crippen LogP contribution in [-0.2, 0) is 13.0 Å². The largest absolute Gasteiger partial charge is 0.508 e. The second-order valence-corrected chi connectivity index (χ2v) is 4.63. The molecule has 2 aromatic rings. The number of phenols is 1. The normalized spacial score (nSPS) is 19.9. The van der Waals surface area contributed by atoms with E-state index in [0.29, 0.717) is 11.7 Å². The second-order valence-electron chi connectivity index (χ2n) is 4.63. The second kappa shape index (κ2) is 3.52. The number of aromatic hydroxyl groups is 1. The minimum absolute atomic E-state index is 0.339. The number of aromatic nitrogens is 1. The summed E-state index contributed by atoms with van der Waals surface area (Å²) in [5.41, 5.74) is 8.32. The Morgan fingerprint density at radius 2 is 2.25 bits per heavy atom. The molecular formula is C13H16N2O. The molecule has 0 spiro atoms. The van der Waals surface area contributed by atoms with E-state index in [-0.39, 0.29) is 0 Å². The number of nitrogens with two attached hydrogens (primary N) is 1. The Hall–Kier alpha value is -1.48. The van der Waals surface area contributed by atoms with Crippen LogP contribution in [0.2, 0.25) is 0 Å². The highest BCUT2D eigenvalue weighted by Gasteiger charge is 2.19. The fourth-order valence-electron chi connectivity index (χ4n) is 2.63. The third-order valence-electron chi connectivity index (χ3n) is 3.55. The Kier molecular flexibility index (Phi) is 2.14. The van der Waals surface area contributed by atoms with Gasteiger partial charge in [0.05, 0.1) is 0 Å². The molecule has 84 valence electrons. The summed E-state index contributed by atoms with van der Waals surface area (Å²) < 4.78 is 2.34. The summed E-state index contributed by atoms with van der Waals surface area (Å²) in [4.78, 5) is 0. The van der Waals surface area contributed by atoms with Crippen LogP contribution in [0.4, 0.5) is 0 Å². The standard InChI is InChI=1S/C13H16N2O/c14-7-9-1-2-11-5-10-6-12(16)3-4-13(10)15(11)8-9/h3-6,9,16H,1-2,7-8,14H2. The molecule has 0 radical (unpaired) electrons. The number of benzene rings is 1. The van der Waals surface area contributed by atoms with Gasteiger partial charge in [-0.1, -0.05) is 0 Å². The number of hydrogen-bond donors (Lipinski definition) is 2. The maximum atomic E-state index is 9.46. The molecule has 0 aliphatic carbocycles. The molecular weight excluding hydrogens is 200 g/mol. The van der Waals surface area contributed by atoms with Gasteiger partial charge in [-0.3, -0.25) is 0 Å². The van der Waals surface area contributed by atoms with Gasteiger partial charge in [-0.25, -0.2) is 0 Å². The molecule has 3 N–H and O–H groups in total. The van der Waals surface area contributed by atoms with Gasteiger partial charge in [0.2, 0.25) is 0 Å². The number of phenolic OH excluding ortho intramolecular Hbond substituents is 1. The quantitative estimate of drug-likeness (QED) is 0.764. The Morgan fingerprint density at radius 1 is 1.38 bits per heavy atom. The summed E-state index contributed by atoms with van der Waals surface area (Å²) in [7, 11) is 0. The van der Waals surface area contributed by atoms with Gasteiger partial charge >= 0.3 is 0 Å². The molecule has 1 aromatic carbocycles. The van der Waals surface area contributed by atoms with E-state index in [1.54, 1.807) is 6.07 Å². The van der Waals surface area contributed by atoms with E-state index < -0.39 is 0 Å². The molecule has 1 aliphatic heterocycles. The van der Waals surface area contributed by atoms with E-state index >= 15 is 0 Å². The van der Waals surface area contributed by atoms with Crippen molar-refractivity contribution in [3.05, 3.63) is 30.0 Å². The highest BCUT2D eigenvalue weighted by Crippen LogP contribution is 2.29. The predicted octanol–water partition coefficient (Wildman–Crippen LogP) is 1.87. The number of fused-ring (bicyclic) bond motifs is 3. The van der Waals surface area contributed by atoms with Crippen LogP contribution < -0.4 is 5.73 Å². The van der Waals surface area contributed by atoms with Crippen LogP contribution in [0.1, 0.15) is 12.1 Å². The van der Waals surface area contributed by atoms with Crippen LogP contribution in [0.3, 0.4) is 0 Å². The van der Waals surface area contributed by atoms with Crippen molar-refractivity contribution >= 4 is 10.9 Å². The smallest absolute Gasteiger partial charge is 0.116 e. The molecule has 1 aliphatic rings. The zero-order valence-corrected chi connectivity index (χ0v) is 9.19. The van der Waals surface area contributed by atoms with Crippen LogP contribution in [0.15, 0.2) is 24.3 Å². The van der Waals surface area contributed by atoms with Gasteiger partial charge < -0.3 is 15.4 Å². The van der Waals surface area contributed by atoms with Crippen LogP contribution in [0, 0.1) is 5.92 Å². The van der Waals surface area contributed by atoms with Crippen molar-refractivity contribution in [1.29, 1.82) is 0 Å². The zero-order chi connectivity index (χ0) is 11.1. The van der Waals surface area contributed by atoms with Crippen molar-refractivity contribution in [2.45, 2.75) is 19.4 Å². The average molecular weight is 216 g/mol. The van der Waals surface area contributed by atoms with Crippen molar-refractivity contribution in [1.82, 2.24) is 4.57 Å². The highest BCUT2D eigenvalue weighted by atomic mass is 16.3. The van der Waals surface area contributed by atoms with E-state index in [2.05, 4.69) is 10.6 Å². The van der Waals surface area contributed by atoms with E-state index in [4.69, 9.17) is 5.73 Å². The third-order valence-corrected chi connectivity index (χ3v) is 3.55. The molecule has 0 amide bonds. The lowest BCUT2D eigenvalue weighted by atomic mass is 9.98. The average Bonchev–Trinajstić information content (AvgIpc) is 2.65. The number of aryl methyl sites for hydroxylation is 1. The first-order chi connectivity index (χ1) is 7.78. The van der Waals surface area contributed by atoms with Crippen molar-refractivity contribution in [2.24, 2.45) is 11.7 Å². The summed E-state index contributed by atoms with van der Waals surface area (Å²) in [5, 5.41) is 10.6. The molecule has 1 atom stereocenters. The van der Waals surface area contributed by atoms with Gasteiger partial charge in [0.25, 0.3) is 0 Å². The lowest BCUT2D eigenvalue weighted by Crippen LogP contribution is -2.25. The van der Waals surface area contributed by atoms with E-state index in [9.17, 15) is 5.11 Å². The number of rotatable bonds is 1. The Morgan fingerprint density at radius 3 is 3.06 bits per heavy atom. The SMILES string of the molecule is NCC1CCc2cc3cc(O)ccc3n2C1. The van der Waals surface area contributed by atoms with E-state index in [1.165, 1.54) is 17.6 Å². The minimum atomic E-state index is 0.339. The minimum Gasteiger partial charge on any atom is -0.508 e. The Labute approximate surface area is 94.5 Å². The maximum absolute atomic E-state index is 9.46. The zero-order valence-electron chi connectivity index (χ0n) is 9.19. The molecule has 0 bridgehead atoms. The van der Waals surface area contributed by atoms with Crippen molar-refractivity contribution in [2.75, 3.05) is 6.54 Å². The molecule has 16 heavy (non-hydrogen) atoms. The van der Waals surface area contributed by atoms with Gasteiger partial charge in [-0.15, -0.1) is 0 Å². The molecule has 0 saturated heterocycles. The van der Waals surface area contributed by atoms with Crippen molar-refractivity contribution in [3.63, 3.8) is 0 Å². The van der Waals surface area contributed by atoms with E-state index in [0.717, 1.165) is 24.9 Å². The van der Waals surface area contributed by atoms with Gasteiger partial charge in [0.15, 0.2) is 0 Å². The van der Waals surface area contributed by atoms with Gasteiger partial charge in [0.1, 0.15) is 5.75 Å². The highest BCUT2D eigenvalue weighted by molar-refractivity contribution is 5.83. The van der Waals surface area contributed by atoms with Gasteiger partial charge in [-0.2, -0.15) is 0 Å². The van der Waals surface area contributed by atoms with Gasteiger partial charge in [0, 0.05) is 23.1 Å². The lowest BCUT2D eigenvalue weighted by Gasteiger charge is -2.24. The molecule has 0 fully saturated rings. The first kappa shape index (κ1) is 9.73. The first-order valence-corrected chi connectivity index (χ1v) is 5.79. The van der Waals surface area contributed by atoms with Crippen molar-refractivity contribution < 1.29 is 5.11 Å². The van der Waals surface area contributed by atoms with Crippen LogP contribution >= 0.6 is 0 Å². The molecule has 3 rings (SSSR count). The summed E-state index contributed by atoms with van der Waals surface area (Å²) >= 11 is 0. The number of nitrogens with zero attached hydrogens (tertiary/aromatic N) is 1. The van der Waals surface area contributed by atoms with Crippen molar-refractivity contribution in [3.8, 4) is 5.75 Å². The van der Waals surface area contributed by atoms with Gasteiger partial charge in [-0.05, 0) is 49.6 Å². The summed E-state index contributed by atoms with van der Waals surface area (Å²) in [5.74, 6) is 0.933. The Balaban J connectivity index is 2.14. The summed E-state index contributed by atoms with van der Waals surface area (Å²) in [6, 6.07) is 7.76. The number of hydrogen-bond acceptors (Lipinski definition) is 2. The van der Waals surface area contributed by atoms with Crippen LogP contribution in [0.5, 0.6) is 5.75 Å². The van der Waals surface area contributed by atoms with Crippen LogP contribution in [0.25, 0.3) is 10.9 Å². The fraction of sp³-hybridized carbons (Fsp3) is 0.385. The molecule has 2 heterocycles. The molecule has 1 unspecified atom stereocenters. The maximum Gasteiger partial charge on any atom is 0.116 e. The fourth-order valence-corrected chi connectivity index (χ4v) is 2.63. The Bertz CT molecular complexity index is 530. The molecule has 1 aromatic heterocycles. The molecule has 3 heteroatoms.